The first kappa shape index (κ1) is 11.5. The second kappa shape index (κ2) is 3.52. The molecule has 0 radical (unpaired) electrons. The van der Waals surface area contributed by atoms with Crippen LogP contribution in [0.3, 0.4) is 0 Å². The second-order valence-electron chi connectivity index (χ2n) is 3.83. The van der Waals surface area contributed by atoms with Crippen molar-refractivity contribution in [3.8, 4) is 0 Å². The maximum absolute atomic E-state index is 11.4. The number of thioether (sulfide) groups is 1. The molecule has 13 heavy (non-hydrogen) atoms. The standard InChI is InChI=1S/C8H13Cl2NOS/c1-7(2)5(4-13-7)11-6(12)8(3,9)10/h5H,4H2,1-3H3,(H,11,12). The summed E-state index contributed by atoms with van der Waals surface area (Å²) in [5.41, 5.74) is 0. The van der Waals surface area contributed by atoms with Crippen molar-refractivity contribution in [1.82, 2.24) is 5.32 Å². The number of hydrogen-bond acceptors (Lipinski definition) is 2. The first-order valence-electron chi connectivity index (χ1n) is 4.06. The summed E-state index contributed by atoms with van der Waals surface area (Å²) < 4.78 is -1.22. The molecular weight excluding hydrogens is 229 g/mol. The van der Waals surface area contributed by atoms with Gasteiger partial charge in [0.05, 0.1) is 6.04 Å². The van der Waals surface area contributed by atoms with Gasteiger partial charge in [-0.25, -0.2) is 0 Å². The normalized spacial score (nSPS) is 26.4. The van der Waals surface area contributed by atoms with E-state index in [1.165, 1.54) is 6.92 Å². The lowest BCUT2D eigenvalue weighted by Gasteiger charge is -2.44. The highest BCUT2D eigenvalue weighted by Crippen LogP contribution is 2.40. The van der Waals surface area contributed by atoms with E-state index in [1.807, 2.05) is 11.8 Å². The van der Waals surface area contributed by atoms with E-state index >= 15 is 0 Å². The van der Waals surface area contributed by atoms with Crippen molar-refractivity contribution < 1.29 is 4.79 Å². The monoisotopic (exact) mass is 241 g/mol. The Balaban J connectivity index is 2.47. The number of nitrogens with one attached hydrogen (secondary N) is 1. The Labute approximate surface area is 92.7 Å². The van der Waals surface area contributed by atoms with E-state index in [1.54, 1.807) is 0 Å². The van der Waals surface area contributed by atoms with Crippen molar-refractivity contribution in [2.24, 2.45) is 0 Å². The number of halogens is 2. The number of carbonyl (C=O) groups excluding carboxylic acids is 1. The van der Waals surface area contributed by atoms with Gasteiger partial charge >= 0.3 is 0 Å². The van der Waals surface area contributed by atoms with Crippen molar-refractivity contribution in [2.75, 3.05) is 5.75 Å². The van der Waals surface area contributed by atoms with Gasteiger partial charge in [0.2, 0.25) is 0 Å². The van der Waals surface area contributed by atoms with E-state index in [4.69, 9.17) is 23.2 Å². The summed E-state index contributed by atoms with van der Waals surface area (Å²) in [5, 5.41) is 2.82. The van der Waals surface area contributed by atoms with E-state index < -0.39 is 4.33 Å². The molecule has 2 nitrogen and oxygen atoms in total. The summed E-state index contributed by atoms with van der Waals surface area (Å²) in [4.78, 5) is 11.4. The molecule has 1 amide bonds. The summed E-state index contributed by atoms with van der Waals surface area (Å²) in [5.74, 6) is 0.622. The van der Waals surface area contributed by atoms with Gasteiger partial charge in [-0.2, -0.15) is 11.8 Å². The summed E-state index contributed by atoms with van der Waals surface area (Å²) in [6, 6.07) is 0.182. The van der Waals surface area contributed by atoms with Gasteiger partial charge in [-0.05, 0) is 20.8 Å². The Kier molecular flexibility index (Phi) is 3.11. The minimum absolute atomic E-state index is 0.106. The van der Waals surface area contributed by atoms with Crippen LogP contribution in [0.2, 0.25) is 0 Å². The Hall–Kier alpha value is 0.400. The molecule has 1 aliphatic rings. The van der Waals surface area contributed by atoms with Crippen molar-refractivity contribution in [1.29, 1.82) is 0 Å². The first-order chi connectivity index (χ1) is 5.73. The zero-order valence-corrected chi connectivity index (χ0v) is 10.2. The predicted octanol–water partition coefficient (Wildman–Crippen LogP) is 2.19. The van der Waals surface area contributed by atoms with Gasteiger partial charge in [0.15, 0.2) is 4.33 Å². The van der Waals surface area contributed by atoms with Crippen LogP contribution in [0.15, 0.2) is 0 Å². The van der Waals surface area contributed by atoms with Crippen LogP contribution in [0.5, 0.6) is 0 Å². The SMILES string of the molecule is CC(Cl)(Cl)C(=O)NC1CSC1(C)C. The molecule has 76 valence electrons. The van der Waals surface area contributed by atoms with Crippen LogP contribution < -0.4 is 5.32 Å². The van der Waals surface area contributed by atoms with Gasteiger partial charge in [0.1, 0.15) is 0 Å². The molecule has 1 heterocycles. The van der Waals surface area contributed by atoms with E-state index in [9.17, 15) is 4.79 Å². The van der Waals surface area contributed by atoms with Gasteiger partial charge in [-0.1, -0.05) is 23.2 Å². The van der Waals surface area contributed by atoms with Gasteiger partial charge in [-0.15, -0.1) is 0 Å². The number of carbonyl (C=O) groups is 1. The molecule has 0 aromatic heterocycles. The molecule has 1 fully saturated rings. The van der Waals surface area contributed by atoms with Crippen LogP contribution in [0.4, 0.5) is 0 Å². The van der Waals surface area contributed by atoms with Gasteiger partial charge in [0.25, 0.3) is 5.91 Å². The minimum Gasteiger partial charge on any atom is -0.349 e. The molecule has 1 saturated heterocycles. The number of alkyl halides is 2. The van der Waals surface area contributed by atoms with Crippen LogP contribution in [0.25, 0.3) is 0 Å². The van der Waals surface area contributed by atoms with Crippen LogP contribution in [-0.2, 0) is 4.79 Å². The highest BCUT2D eigenvalue weighted by molar-refractivity contribution is 8.02. The van der Waals surface area contributed by atoms with Crippen molar-refractivity contribution >= 4 is 40.9 Å². The van der Waals surface area contributed by atoms with Crippen molar-refractivity contribution in [2.45, 2.75) is 35.9 Å². The molecule has 0 saturated carbocycles. The molecule has 1 atom stereocenters. The fourth-order valence-corrected chi connectivity index (χ4v) is 2.25. The van der Waals surface area contributed by atoms with Gasteiger partial charge in [-0.3, -0.25) is 4.79 Å². The second-order valence-corrected chi connectivity index (χ2v) is 7.21. The van der Waals surface area contributed by atoms with E-state index in [-0.39, 0.29) is 16.7 Å². The third-order valence-electron chi connectivity index (χ3n) is 2.17. The Morgan fingerprint density at radius 3 is 2.38 bits per heavy atom. The van der Waals surface area contributed by atoms with Crippen LogP contribution in [0, 0.1) is 0 Å². The van der Waals surface area contributed by atoms with E-state index in [0.29, 0.717) is 0 Å². The average Bonchev–Trinajstić information content (AvgIpc) is 1.96. The summed E-state index contributed by atoms with van der Waals surface area (Å²) in [7, 11) is 0. The molecule has 5 heteroatoms. The lowest BCUT2D eigenvalue weighted by Crippen LogP contribution is -2.58. The topological polar surface area (TPSA) is 29.1 Å². The Bertz CT molecular complexity index is 225. The quantitative estimate of drug-likeness (QED) is 0.752. The lowest BCUT2D eigenvalue weighted by molar-refractivity contribution is -0.122. The molecule has 1 aliphatic heterocycles. The summed E-state index contributed by atoms with van der Waals surface area (Å²) in [6.07, 6.45) is 0. The van der Waals surface area contributed by atoms with E-state index in [2.05, 4.69) is 19.2 Å². The highest BCUT2D eigenvalue weighted by atomic mass is 35.5. The van der Waals surface area contributed by atoms with Crippen LogP contribution in [-0.4, -0.2) is 26.8 Å². The smallest absolute Gasteiger partial charge is 0.256 e. The molecule has 0 aromatic carbocycles. The van der Waals surface area contributed by atoms with Crippen LogP contribution >= 0.6 is 35.0 Å². The summed E-state index contributed by atoms with van der Waals surface area (Å²) >= 11 is 13.1. The lowest BCUT2D eigenvalue weighted by atomic mass is 10.0. The van der Waals surface area contributed by atoms with Gasteiger partial charge in [0, 0.05) is 10.5 Å². The van der Waals surface area contributed by atoms with Crippen molar-refractivity contribution in [3.63, 3.8) is 0 Å². The third-order valence-corrected chi connectivity index (χ3v) is 4.04. The largest absolute Gasteiger partial charge is 0.349 e. The Morgan fingerprint density at radius 1 is 1.62 bits per heavy atom. The molecule has 0 aliphatic carbocycles. The van der Waals surface area contributed by atoms with E-state index in [0.717, 1.165) is 5.75 Å². The number of rotatable bonds is 2. The average molecular weight is 242 g/mol. The van der Waals surface area contributed by atoms with Crippen molar-refractivity contribution in [3.05, 3.63) is 0 Å². The maximum Gasteiger partial charge on any atom is 0.256 e. The predicted molar refractivity (Wildman–Crippen MR) is 58.6 cm³/mol. The molecule has 1 unspecified atom stereocenters. The zero-order chi connectivity index (χ0) is 10.3. The van der Waals surface area contributed by atoms with Crippen LogP contribution in [0.1, 0.15) is 20.8 Å². The highest BCUT2D eigenvalue weighted by Gasteiger charge is 2.42. The molecule has 0 spiro atoms. The molecule has 1 rings (SSSR count). The maximum atomic E-state index is 11.4. The number of amides is 1. The third kappa shape index (κ3) is 2.67. The van der Waals surface area contributed by atoms with Gasteiger partial charge < -0.3 is 5.32 Å². The molecule has 0 aromatic rings. The summed E-state index contributed by atoms with van der Waals surface area (Å²) in [6.45, 7) is 5.65. The fourth-order valence-electron chi connectivity index (χ4n) is 1.00. The molecular formula is C8H13Cl2NOS. The molecule has 0 bridgehead atoms. The number of hydrogen-bond donors (Lipinski definition) is 1. The molecule has 1 N–H and O–H groups in total. The fraction of sp³-hybridized carbons (Fsp3) is 0.875. The zero-order valence-electron chi connectivity index (χ0n) is 7.86. The Morgan fingerprint density at radius 2 is 2.15 bits per heavy atom. The first-order valence-corrected chi connectivity index (χ1v) is 5.80. The minimum atomic E-state index is -1.32.